The number of pyridine rings is 1. The van der Waals surface area contributed by atoms with Crippen molar-refractivity contribution in [1.29, 1.82) is 0 Å². The first-order valence-electron chi connectivity index (χ1n) is 9.96. The zero-order chi connectivity index (χ0) is 19.6. The molecule has 2 aromatic rings. The second-order valence-corrected chi connectivity index (χ2v) is 8.27. The number of amides is 1. The average molecular weight is 380 g/mol. The van der Waals surface area contributed by atoms with Gasteiger partial charge in [-0.2, -0.15) is 0 Å². The van der Waals surface area contributed by atoms with Crippen molar-refractivity contribution in [1.82, 2.24) is 19.9 Å². The third-order valence-corrected chi connectivity index (χ3v) is 5.93. The topological polar surface area (TPSA) is 65.5 Å². The molecule has 2 fully saturated rings. The van der Waals surface area contributed by atoms with Gasteiger partial charge < -0.3 is 14.7 Å². The van der Waals surface area contributed by atoms with Crippen molar-refractivity contribution in [3.8, 4) is 0 Å². The molecule has 4 rings (SSSR count). The van der Waals surface area contributed by atoms with Crippen LogP contribution in [0.4, 0.5) is 11.6 Å². The highest BCUT2D eigenvalue weighted by Crippen LogP contribution is 2.40. The number of likely N-dealkylation sites (tertiary alicyclic amines) is 1. The van der Waals surface area contributed by atoms with Crippen molar-refractivity contribution in [2.75, 3.05) is 43.5 Å². The van der Waals surface area contributed by atoms with E-state index in [0.29, 0.717) is 13.0 Å². The van der Waals surface area contributed by atoms with Gasteiger partial charge >= 0.3 is 0 Å². The molecule has 0 unspecified atom stereocenters. The molecule has 4 heterocycles. The number of rotatable bonds is 4. The van der Waals surface area contributed by atoms with Gasteiger partial charge in [0, 0.05) is 70.6 Å². The monoisotopic (exact) mass is 380 g/mol. The van der Waals surface area contributed by atoms with Gasteiger partial charge in [-0.05, 0) is 30.9 Å². The molecule has 0 bridgehead atoms. The lowest BCUT2D eigenvalue weighted by molar-refractivity contribution is -0.138. The van der Waals surface area contributed by atoms with Crippen LogP contribution in [0.25, 0.3) is 0 Å². The fourth-order valence-electron chi connectivity index (χ4n) is 4.45. The summed E-state index contributed by atoms with van der Waals surface area (Å²) < 4.78 is 0. The van der Waals surface area contributed by atoms with Gasteiger partial charge in [-0.1, -0.05) is 6.07 Å². The molecule has 2 aromatic heterocycles. The Bertz CT molecular complexity index is 827. The van der Waals surface area contributed by atoms with E-state index in [9.17, 15) is 4.79 Å². The van der Waals surface area contributed by atoms with Gasteiger partial charge in [-0.3, -0.25) is 9.78 Å². The summed E-state index contributed by atoms with van der Waals surface area (Å²) in [4.78, 5) is 32.0. The summed E-state index contributed by atoms with van der Waals surface area (Å²) in [6.07, 6.45) is 9.13. The molecule has 28 heavy (non-hydrogen) atoms. The number of hydrogen-bond donors (Lipinski definition) is 0. The highest BCUT2D eigenvalue weighted by Gasteiger charge is 2.42. The fraction of sp³-hybridized carbons (Fsp3) is 0.524. The van der Waals surface area contributed by atoms with Gasteiger partial charge in [0.05, 0.1) is 0 Å². The largest absolute Gasteiger partial charge is 0.363 e. The summed E-state index contributed by atoms with van der Waals surface area (Å²) in [5, 5.41) is 0. The lowest BCUT2D eigenvalue weighted by Crippen LogP contribution is -2.54. The molecule has 2 aliphatic rings. The first-order valence-corrected chi connectivity index (χ1v) is 9.96. The van der Waals surface area contributed by atoms with Gasteiger partial charge in [0.1, 0.15) is 18.0 Å². The molecule has 7 nitrogen and oxygen atoms in total. The first kappa shape index (κ1) is 18.7. The number of carbonyl (C=O) groups is 1. The molecule has 2 saturated heterocycles. The van der Waals surface area contributed by atoms with Crippen LogP contribution in [0.15, 0.2) is 36.9 Å². The Morgan fingerprint density at radius 2 is 2.11 bits per heavy atom. The van der Waals surface area contributed by atoms with Crippen LogP contribution in [0.5, 0.6) is 0 Å². The minimum absolute atomic E-state index is 0.137. The van der Waals surface area contributed by atoms with E-state index in [1.165, 1.54) is 0 Å². The van der Waals surface area contributed by atoms with Gasteiger partial charge in [0.15, 0.2) is 0 Å². The number of aromatic nitrogens is 3. The van der Waals surface area contributed by atoms with Crippen molar-refractivity contribution in [3.05, 3.63) is 42.5 Å². The highest BCUT2D eigenvalue weighted by atomic mass is 16.2. The second-order valence-electron chi connectivity index (χ2n) is 8.27. The van der Waals surface area contributed by atoms with E-state index >= 15 is 0 Å². The molecule has 1 spiro atoms. The Morgan fingerprint density at radius 1 is 1.21 bits per heavy atom. The van der Waals surface area contributed by atoms with Crippen molar-refractivity contribution >= 4 is 17.5 Å². The maximum atomic E-state index is 12.6. The van der Waals surface area contributed by atoms with E-state index in [4.69, 9.17) is 0 Å². The van der Waals surface area contributed by atoms with Crippen molar-refractivity contribution in [2.45, 2.75) is 32.2 Å². The van der Waals surface area contributed by atoms with Crippen LogP contribution < -0.4 is 9.80 Å². The van der Waals surface area contributed by atoms with Gasteiger partial charge in [-0.15, -0.1) is 0 Å². The highest BCUT2D eigenvalue weighted by molar-refractivity contribution is 5.77. The zero-order valence-corrected chi connectivity index (χ0v) is 16.7. The van der Waals surface area contributed by atoms with E-state index in [2.05, 4.69) is 25.9 Å². The molecular weight excluding hydrogens is 352 g/mol. The Kier molecular flexibility index (Phi) is 5.15. The number of hydrogen-bond acceptors (Lipinski definition) is 6. The Labute approximate surface area is 166 Å². The van der Waals surface area contributed by atoms with Crippen LogP contribution in [0.1, 0.15) is 31.2 Å². The third kappa shape index (κ3) is 3.93. The second kappa shape index (κ2) is 7.73. The van der Waals surface area contributed by atoms with Gasteiger partial charge in [0.2, 0.25) is 5.91 Å². The van der Waals surface area contributed by atoms with Crippen LogP contribution in [-0.2, 0) is 11.3 Å². The number of carbonyl (C=O) groups excluding carboxylic acids is 1. The molecule has 1 amide bonds. The molecule has 7 heteroatoms. The predicted molar refractivity (Wildman–Crippen MR) is 109 cm³/mol. The Hall–Kier alpha value is -2.70. The average Bonchev–Trinajstić information content (AvgIpc) is 2.72. The van der Waals surface area contributed by atoms with Crippen molar-refractivity contribution < 1.29 is 4.79 Å². The SMILES string of the molecule is CN(C)c1cc(N2CCC[C@]3(CCC(=O)N(Cc4cccnc4)C3)C2)ncn1. The molecule has 0 radical (unpaired) electrons. The minimum atomic E-state index is 0.137. The number of piperidine rings is 2. The molecule has 1 atom stereocenters. The third-order valence-electron chi connectivity index (χ3n) is 5.93. The quantitative estimate of drug-likeness (QED) is 0.811. The standard InChI is InChI=1S/C21H28N6O/c1-25(2)18-11-19(24-16-23-18)26-10-4-7-21(14-26)8-6-20(28)27(15-21)13-17-5-3-9-22-12-17/h3,5,9,11-12,16H,4,6-8,10,13-15H2,1-2H3/t21-/m0/s1. The minimum Gasteiger partial charge on any atom is -0.363 e. The number of anilines is 2. The summed E-state index contributed by atoms with van der Waals surface area (Å²) in [6.45, 7) is 3.39. The molecule has 0 aromatic carbocycles. The smallest absolute Gasteiger partial charge is 0.222 e. The summed E-state index contributed by atoms with van der Waals surface area (Å²) in [7, 11) is 3.99. The Morgan fingerprint density at radius 3 is 2.89 bits per heavy atom. The molecule has 148 valence electrons. The molecule has 0 saturated carbocycles. The van der Waals surface area contributed by atoms with E-state index in [1.807, 2.05) is 42.2 Å². The maximum Gasteiger partial charge on any atom is 0.222 e. The summed E-state index contributed by atoms with van der Waals surface area (Å²) in [5.74, 6) is 2.15. The molecular formula is C21H28N6O. The van der Waals surface area contributed by atoms with Crippen LogP contribution in [0.2, 0.25) is 0 Å². The lowest BCUT2D eigenvalue weighted by atomic mass is 9.73. The van der Waals surface area contributed by atoms with Crippen LogP contribution in [0, 0.1) is 5.41 Å². The van der Waals surface area contributed by atoms with Gasteiger partial charge in [-0.25, -0.2) is 9.97 Å². The first-order chi connectivity index (χ1) is 13.5. The van der Waals surface area contributed by atoms with Crippen LogP contribution in [0.3, 0.4) is 0 Å². The van der Waals surface area contributed by atoms with Crippen molar-refractivity contribution in [3.63, 3.8) is 0 Å². The van der Waals surface area contributed by atoms with Gasteiger partial charge in [0.25, 0.3) is 0 Å². The van der Waals surface area contributed by atoms with Crippen LogP contribution >= 0.6 is 0 Å². The van der Waals surface area contributed by atoms with E-state index in [-0.39, 0.29) is 11.3 Å². The summed E-state index contributed by atoms with van der Waals surface area (Å²) in [6, 6.07) is 6.03. The van der Waals surface area contributed by atoms with E-state index in [0.717, 1.165) is 56.1 Å². The molecule has 0 N–H and O–H groups in total. The lowest BCUT2D eigenvalue weighted by Gasteiger charge is -2.48. The maximum absolute atomic E-state index is 12.6. The van der Waals surface area contributed by atoms with Crippen molar-refractivity contribution in [2.24, 2.45) is 5.41 Å². The van der Waals surface area contributed by atoms with E-state index in [1.54, 1.807) is 12.5 Å². The molecule has 2 aliphatic heterocycles. The number of nitrogens with zero attached hydrogens (tertiary/aromatic N) is 6. The van der Waals surface area contributed by atoms with E-state index < -0.39 is 0 Å². The summed E-state index contributed by atoms with van der Waals surface area (Å²) >= 11 is 0. The Balaban J connectivity index is 1.51. The normalized spacial score (nSPS) is 22.6. The fourth-order valence-corrected chi connectivity index (χ4v) is 4.45. The molecule has 0 aliphatic carbocycles. The predicted octanol–water partition coefficient (Wildman–Crippen LogP) is 2.35. The zero-order valence-electron chi connectivity index (χ0n) is 16.7. The summed E-state index contributed by atoms with van der Waals surface area (Å²) in [5.41, 5.74) is 1.23. The van der Waals surface area contributed by atoms with Crippen LogP contribution in [-0.4, -0.2) is 59.5 Å².